The molecule has 3 saturated carbocycles. The Bertz CT molecular complexity index is 932. The Hall–Kier alpha value is -2.42. The summed E-state index contributed by atoms with van der Waals surface area (Å²) < 4.78 is 0. The first-order valence-electron chi connectivity index (χ1n) is 12.9. The number of carbonyl (C=O) groups is 3. The van der Waals surface area contributed by atoms with Gasteiger partial charge < -0.3 is 26.1 Å². The Morgan fingerprint density at radius 2 is 1.94 bits per heavy atom. The van der Waals surface area contributed by atoms with Crippen molar-refractivity contribution in [2.75, 3.05) is 6.61 Å². The lowest BCUT2D eigenvalue weighted by Crippen LogP contribution is -2.51. The summed E-state index contributed by atoms with van der Waals surface area (Å²) in [5.41, 5.74) is 7.50. The number of carboxylic acid groups (broad SMARTS) is 1. The van der Waals surface area contributed by atoms with Crippen molar-refractivity contribution in [2.45, 2.75) is 90.2 Å². The van der Waals surface area contributed by atoms with Gasteiger partial charge in [0.15, 0.2) is 6.61 Å². The fourth-order valence-electron chi connectivity index (χ4n) is 7.57. The number of aliphatic hydroxyl groups is 1. The Morgan fingerprint density at radius 1 is 1.17 bits per heavy atom. The van der Waals surface area contributed by atoms with Crippen LogP contribution in [0.15, 0.2) is 16.8 Å². The molecule has 0 aromatic heterocycles. The average molecular weight is 490 g/mol. The van der Waals surface area contributed by atoms with Gasteiger partial charge in [0.1, 0.15) is 6.04 Å². The van der Waals surface area contributed by atoms with Gasteiger partial charge in [0, 0.05) is 6.42 Å². The van der Waals surface area contributed by atoms with E-state index in [2.05, 4.69) is 30.4 Å². The molecule has 2 amide bonds. The molecule has 4 rings (SSSR count). The maximum Gasteiger partial charge on any atom is 0.326 e. The first-order valence-corrected chi connectivity index (χ1v) is 12.9. The molecule has 194 valence electrons. The second-order valence-corrected chi connectivity index (χ2v) is 11.5. The van der Waals surface area contributed by atoms with E-state index in [1.807, 2.05) is 0 Å². The Morgan fingerprint density at radius 3 is 2.66 bits per heavy atom. The van der Waals surface area contributed by atoms with Crippen molar-refractivity contribution in [1.29, 1.82) is 0 Å². The number of hydrogen-bond acceptors (Lipinski definition) is 6. The lowest BCUT2D eigenvalue weighted by molar-refractivity contribution is -0.142. The maximum atomic E-state index is 12.1. The van der Waals surface area contributed by atoms with Gasteiger partial charge >= 0.3 is 5.97 Å². The predicted octanol–water partition coefficient (Wildman–Crippen LogP) is 2.52. The smallest absolute Gasteiger partial charge is 0.326 e. The molecule has 9 heteroatoms. The van der Waals surface area contributed by atoms with Crippen LogP contribution in [-0.2, 0) is 19.2 Å². The third-order valence-electron chi connectivity index (χ3n) is 9.62. The summed E-state index contributed by atoms with van der Waals surface area (Å²) in [4.78, 5) is 39.5. The molecular formula is C26H39N3O6. The summed E-state index contributed by atoms with van der Waals surface area (Å²) in [5.74, 6) is -0.542. The lowest BCUT2D eigenvalue weighted by Gasteiger charge is -2.57. The topological polar surface area (TPSA) is 151 Å². The first kappa shape index (κ1) is 25.7. The van der Waals surface area contributed by atoms with Crippen molar-refractivity contribution in [2.24, 2.45) is 39.5 Å². The molecule has 35 heavy (non-hydrogen) atoms. The van der Waals surface area contributed by atoms with Gasteiger partial charge in [0.05, 0.1) is 11.8 Å². The summed E-state index contributed by atoms with van der Waals surface area (Å²) in [6.45, 7) is 4.30. The minimum absolute atomic E-state index is 0.0727. The Labute approximate surface area is 206 Å². The molecule has 9 nitrogen and oxygen atoms in total. The number of amides is 2. The average Bonchev–Trinajstić information content (AvgIpc) is 3.11. The fourth-order valence-corrected chi connectivity index (χ4v) is 7.57. The number of nitrogens with two attached hydrogens (primary N) is 1. The lowest BCUT2D eigenvalue weighted by atomic mass is 9.47. The number of aliphatic carboxylic acids is 1. The van der Waals surface area contributed by atoms with Gasteiger partial charge in [-0.25, -0.2) is 4.79 Å². The van der Waals surface area contributed by atoms with Gasteiger partial charge in [-0.1, -0.05) is 24.6 Å². The molecule has 0 spiro atoms. The molecular weight excluding hydrogens is 450 g/mol. The van der Waals surface area contributed by atoms with Crippen molar-refractivity contribution >= 4 is 23.5 Å². The molecule has 7 atom stereocenters. The van der Waals surface area contributed by atoms with E-state index in [0.717, 1.165) is 57.1 Å². The van der Waals surface area contributed by atoms with Crippen molar-refractivity contribution in [3.05, 3.63) is 11.6 Å². The van der Waals surface area contributed by atoms with Crippen LogP contribution in [0.1, 0.15) is 78.1 Å². The number of nitrogens with one attached hydrogen (secondary N) is 1. The van der Waals surface area contributed by atoms with Crippen LogP contribution in [-0.4, -0.2) is 52.5 Å². The predicted molar refractivity (Wildman–Crippen MR) is 129 cm³/mol. The van der Waals surface area contributed by atoms with E-state index in [1.165, 1.54) is 5.57 Å². The minimum Gasteiger partial charge on any atom is -0.480 e. The van der Waals surface area contributed by atoms with Crippen LogP contribution in [0.4, 0.5) is 0 Å². The third-order valence-corrected chi connectivity index (χ3v) is 9.62. The van der Waals surface area contributed by atoms with E-state index in [0.29, 0.717) is 17.8 Å². The summed E-state index contributed by atoms with van der Waals surface area (Å²) >= 11 is 0. The molecule has 5 N–H and O–H groups in total. The van der Waals surface area contributed by atoms with Gasteiger partial charge in [0.25, 0.3) is 5.91 Å². The number of rotatable bonds is 8. The van der Waals surface area contributed by atoms with Crippen LogP contribution in [0.25, 0.3) is 0 Å². The molecule has 4 aliphatic rings. The Balaban J connectivity index is 1.35. The summed E-state index contributed by atoms with van der Waals surface area (Å²) in [5, 5.41) is 26.4. The quantitative estimate of drug-likeness (QED) is 0.385. The molecule has 4 aliphatic carbocycles. The number of hydrogen-bond donors (Lipinski definition) is 4. The van der Waals surface area contributed by atoms with Crippen molar-refractivity contribution in [1.82, 2.24) is 5.32 Å². The van der Waals surface area contributed by atoms with Crippen LogP contribution < -0.4 is 11.1 Å². The first-order chi connectivity index (χ1) is 16.5. The van der Waals surface area contributed by atoms with E-state index in [9.17, 15) is 24.6 Å². The highest BCUT2D eigenvalue weighted by Gasteiger charge is 2.58. The number of nitrogens with zero attached hydrogens (tertiary/aromatic N) is 1. The summed E-state index contributed by atoms with van der Waals surface area (Å²) in [6, 6.07) is -1.20. The SMILES string of the molecule is C[C@]12CC[C@H]3[C@@H](CCC4=C/C(=N/OCC(=O)N[C@@H](CCC(N)=O)C(=O)O)CC[C@@]43C)[C@@H]1CC[C@H]2O. The van der Waals surface area contributed by atoms with Crippen LogP contribution >= 0.6 is 0 Å². The van der Waals surface area contributed by atoms with Crippen LogP contribution in [0.2, 0.25) is 0 Å². The van der Waals surface area contributed by atoms with E-state index in [-0.39, 0.29) is 29.8 Å². The third kappa shape index (κ3) is 4.97. The highest BCUT2D eigenvalue weighted by molar-refractivity contribution is 5.96. The van der Waals surface area contributed by atoms with Crippen molar-refractivity contribution in [3.63, 3.8) is 0 Å². The molecule has 0 aromatic carbocycles. The van der Waals surface area contributed by atoms with E-state index >= 15 is 0 Å². The number of carboxylic acids is 1. The molecule has 0 aliphatic heterocycles. The van der Waals surface area contributed by atoms with E-state index in [4.69, 9.17) is 10.6 Å². The number of primary amides is 1. The van der Waals surface area contributed by atoms with Crippen molar-refractivity contribution in [3.8, 4) is 0 Å². The van der Waals surface area contributed by atoms with E-state index in [1.54, 1.807) is 0 Å². The standard InChI is InChI=1S/C26H39N3O6/c1-25-11-9-16(29-35-14-23(32)28-20(24(33)34)6-8-22(27)31)13-15(25)3-4-17-18-5-7-21(30)26(18,2)12-10-19(17)25/h13,17-21,30H,3-12,14H2,1-2H3,(H2,27,31)(H,28,32)(H,33,34)/b29-16+/t17-,18-,19-,20-,21+,25-,26-/m0/s1. The molecule has 0 radical (unpaired) electrons. The van der Waals surface area contributed by atoms with Gasteiger partial charge in [-0.15, -0.1) is 0 Å². The molecule has 0 aromatic rings. The zero-order valence-corrected chi connectivity index (χ0v) is 20.8. The summed E-state index contributed by atoms with van der Waals surface area (Å²) in [6.07, 6.45) is 10.1. The fraction of sp³-hybridized carbons (Fsp3) is 0.769. The zero-order valence-electron chi connectivity index (χ0n) is 20.8. The molecule has 0 heterocycles. The van der Waals surface area contributed by atoms with Crippen molar-refractivity contribution < 1.29 is 29.4 Å². The second-order valence-electron chi connectivity index (χ2n) is 11.5. The molecule has 3 fully saturated rings. The normalized spacial score (nSPS) is 37.9. The minimum atomic E-state index is -1.23. The number of oxime groups is 1. The van der Waals surface area contributed by atoms with Crippen LogP contribution in [0.3, 0.4) is 0 Å². The molecule has 0 bridgehead atoms. The Kier molecular flexibility index (Phi) is 7.27. The van der Waals surface area contributed by atoms with Gasteiger partial charge in [0.2, 0.25) is 5.91 Å². The van der Waals surface area contributed by atoms with Gasteiger partial charge in [-0.2, -0.15) is 0 Å². The second kappa shape index (κ2) is 9.91. The zero-order chi connectivity index (χ0) is 25.4. The highest BCUT2D eigenvalue weighted by Crippen LogP contribution is 2.65. The largest absolute Gasteiger partial charge is 0.480 e. The molecule has 0 unspecified atom stereocenters. The number of fused-ring (bicyclic) bond motifs is 5. The maximum absolute atomic E-state index is 12.1. The summed E-state index contributed by atoms with van der Waals surface area (Å²) in [7, 11) is 0. The van der Waals surface area contributed by atoms with Gasteiger partial charge in [-0.05, 0) is 92.4 Å². The monoisotopic (exact) mass is 489 g/mol. The van der Waals surface area contributed by atoms with Crippen LogP contribution in [0, 0.1) is 28.6 Å². The number of allylic oxidation sites excluding steroid dienone is 2. The van der Waals surface area contributed by atoms with E-state index < -0.39 is 30.4 Å². The highest BCUT2D eigenvalue weighted by atomic mass is 16.6. The van der Waals surface area contributed by atoms with Crippen LogP contribution in [0.5, 0.6) is 0 Å². The number of aliphatic hydroxyl groups excluding tert-OH is 1. The van der Waals surface area contributed by atoms with Gasteiger partial charge in [-0.3, -0.25) is 9.59 Å². The number of carbonyl (C=O) groups excluding carboxylic acids is 2. The molecule has 0 saturated heterocycles.